The maximum absolute atomic E-state index is 12.8. The van der Waals surface area contributed by atoms with E-state index in [2.05, 4.69) is 9.97 Å². The molecule has 0 saturated carbocycles. The van der Waals surface area contributed by atoms with Gasteiger partial charge in [-0.25, -0.2) is 14.8 Å². The van der Waals surface area contributed by atoms with Crippen molar-refractivity contribution in [2.24, 2.45) is 0 Å². The van der Waals surface area contributed by atoms with Gasteiger partial charge in [0.1, 0.15) is 6.04 Å². The number of aliphatic carboxylic acids is 1. The average Bonchev–Trinajstić information content (AvgIpc) is 3.06. The molecule has 0 aliphatic carbocycles. The van der Waals surface area contributed by atoms with Crippen LogP contribution in [0.4, 0.5) is 0 Å². The SMILES string of the molecule is COC1CC(C(=O)O)N(C(=O)c2cnc(-c3ccccc3)nc2C)C1. The first-order valence-electron chi connectivity index (χ1n) is 7.97. The molecule has 3 rings (SSSR count). The van der Waals surface area contributed by atoms with Crippen molar-refractivity contribution in [3.63, 3.8) is 0 Å². The highest BCUT2D eigenvalue weighted by atomic mass is 16.5. The van der Waals surface area contributed by atoms with Gasteiger partial charge < -0.3 is 14.7 Å². The zero-order valence-electron chi connectivity index (χ0n) is 14.0. The van der Waals surface area contributed by atoms with E-state index in [9.17, 15) is 14.7 Å². The van der Waals surface area contributed by atoms with Gasteiger partial charge in [0.15, 0.2) is 5.82 Å². The van der Waals surface area contributed by atoms with Crippen molar-refractivity contribution in [1.82, 2.24) is 14.9 Å². The average molecular weight is 341 g/mol. The van der Waals surface area contributed by atoms with Gasteiger partial charge >= 0.3 is 5.97 Å². The van der Waals surface area contributed by atoms with E-state index in [1.165, 1.54) is 18.2 Å². The van der Waals surface area contributed by atoms with Gasteiger partial charge in [-0.05, 0) is 6.92 Å². The van der Waals surface area contributed by atoms with Gasteiger partial charge in [0.2, 0.25) is 0 Å². The van der Waals surface area contributed by atoms with E-state index < -0.39 is 12.0 Å². The molecule has 2 atom stereocenters. The summed E-state index contributed by atoms with van der Waals surface area (Å²) in [7, 11) is 1.51. The summed E-state index contributed by atoms with van der Waals surface area (Å²) < 4.78 is 5.23. The molecular formula is C18H19N3O4. The summed E-state index contributed by atoms with van der Waals surface area (Å²) in [4.78, 5) is 34.3. The van der Waals surface area contributed by atoms with Gasteiger partial charge in [0.25, 0.3) is 5.91 Å². The fraction of sp³-hybridized carbons (Fsp3) is 0.333. The van der Waals surface area contributed by atoms with Gasteiger partial charge in [0.05, 0.1) is 17.4 Å². The maximum atomic E-state index is 12.8. The normalized spacial score (nSPS) is 19.8. The van der Waals surface area contributed by atoms with Crippen LogP contribution in [0.1, 0.15) is 22.5 Å². The Morgan fingerprint density at radius 3 is 2.60 bits per heavy atom. The van der Waals surface area contributed by atoms with Crippen LogP contribution in [0.2, 0.25) is 0 Å². The minimum absolute atomic E-state index is 0.242. The number of likely N-dealkylation sites (tertiary alicyclic amines) is 1. The van der Waals surface area contributed by atoms with E-state index in [1.807, 2.05) is 30.3 Å². The Morgan fingerprint density at radius 1 is 1.28 bits per heavy atom. The molecule has 130 valence electrons. The molecule has 2 aromatic rings. The van der Waals surface area contributed by atoms with Crippen LogP contribution in [0, 0.1) is 6.92 Å². The fourth-order valence-corrected chi connectivity index (χ4v) is 2.98. The largest absolute Gasteiger partial charge is 0.480 e. The summed E-state index contributed by atoms with van der Waals surface area (Å²) in [5.41, 5.74) is 1.68. The van der Waals surface area contributed by atoms with Crippen molar-refractivity contribution in [3.8, 4) is 11.4 Å². The van der Waals surface area contributed by atoms with Crippen molar-refractivity contribution < 1.29 is 19.4 Å². The van der Waals surface area contributed by atoms with Gasteiger partial charge in [-0.15, -0.1) is 0 Å². The second kappa shape index (κ2) is 6.98. The second-order valence-corrected chi connectivity index (χ2v) is 5.96. The molecule has 1 aliphatic heterocycles. The number of carboxylic acids is 1. The first kappa shape index (κ1) is 17.0. The molecule has 0 radical (unpaired) electrons. The van der Waals surface area contributed by atoms with E-state index in [0.717, 1.165) is 5.56 Å². The third-order valence-corrected chi connectivity index (χ3v) is 4.38. The summed E-state index contributed by atoms with van der Waals surface area (Å²) >= 11 is 0. The van der Waals surface area contributed by atoms with Crippen molar-refractivity contribution in [1.29, 1.82) is 0 Å². The van der Waals surface area contributed by atoms with E-state index in [1.54, 1.807) is 6.92 Å². The first-order valence-corrected chi connectivity index (χ1v) is 7.97. The number of benzene rings is 1. The molecule has 25 heavy (non-hydrogen) atoms. The number of aromatic nitrogens is 2. The lowest BCUT2D eigenvalue weighted by Crippen LogP contribution is -2.41. The zero-order chi connectivity index (χ0) is 18.0. The van der Waals surface area contributed by atoms with Crippen LogP contribution in [0.25, 0.3) is 11.4 Å². The van der Waals surface area contributed by atoms with Crippen molar-refractivity contribution in [2.45, 2.75) is 25.5 Å². The minimum Gasteiger partial charge on any atom is -0.480 e. The summed E-state index contributed by atoms with van der Waals surface area (Å²) in [5.74, 6) is -0.892. The second-order valence-electron chi connectivity index (χ2n) is 5.96. The Morgan fingerprint density at radius 2 is 2.00 bits per heavy atom. The highest BCUT2D eigenvalue weighted by Gasteiger charge is 2.40. The van der Waals surface area contributed by atoms with E-state index in [0.29, 0.717) is 17.1 Å². The fourth-order valence-electron chi connectivity index (χ4n) is 2.98. The molecule has 1 amide bonds. The molecule has 7 nitrogen and oxygen atoms in total. The van der Waals surface area contributed by atoms with Gasteiger partial charge in [-0.3, -0.25) is 4.79 Å². The zero-order valence-corrected chi connectivity index (χ0v) is 14.0. The Balaban J connectivity index is 1.88. The first-order chi connectivity index (χ1) is 12.0. The lowest BCUT2D eigenvalue weighted by Gasteiger charge is -2.21. The van der Waals surface area contributed by atoms with Crippen molar-refractivity contribution in [3.05, 3.63) is 47.8 Å². The maximum Gasteiger partial charge on any atom is 0.326 e. The molecule has 2 heterocycles. The number of hydrogen-bond donors (Lipinski definition) is 1. The smallest absolute Gasteiger partial charge is 0.326 e. The number of carbonyl (C=O) groups is 2. The molecule has 2 unspecified atom stereocenters. The topological polar surface area (TPSA) is 92.6 Å². The Labute approximate surface area is 145 Å². The third kappa shape index (κ3) is 3.36. The molecular weight excluding hydrogens is 322 g/mol. The van der Waals surface area contributed by atoms with Crippen molar-refractivity contribution in [2.75, 3.05) is 13.7 Å². The number of ether oxygens (including phenoxy) is 1. The van der Waals surface area contributed by atoms with E-state index in [-0.39, 0.29) is 25.0 Å². The Bertz CT molecular complexity index is 794. The molecule has 1 aromatic carbocycles. The van der Waals surface area contributed by atoms with Crippen LogP contribution >= 0.6 is 0 Å². The molecule has 7 heteroatoms. The predicted molar refractivity (Wildman–Crippen MR) is 90.1 cm³/mol. The number of nitrogens with zero attached hydrogens (tertiary/aromatic N) is 3. The third-order valence-electron chi connectivity index (χ3n) is 4.38. The molecule has 1 saturated heterocycles. The van der Waals surface area contributed by atoms with Crippen LogP contribution in [0.5, 0.6) is 0 Å². The number of methoxy groups -OCH3 is 1. The number of carboxylic acid groups (broad SMARTS) is 1. The molecule has 1 aromatic heterocycles. The molecule has 0 bridgehead atoms. The molecule has 1 fully saturated rings. The highest BCUT2D eigenvalue weighted by molar-refractivity contribution is 5.97. The van der Waals surface area contributed by atoms with E-state index >= 15 is 0 Å². The lowest BCUT2D eigenvalue weighted by atomic mass is 10.1. The van der Waals surface area contributed by atoms with Crippen LogP contribution in [0.15, 0.2) is 36.5 Å². The minimum atomic E-state index is -1.03. The van der Waals surface area contributed by atoms with Gasteiger partial charge in [0, 0.05) is 31.8 Å². The van der Waals surface area contributed by atoms with Crippen LogP contribution in [0.3, 0.4) is 0 Å². The van der Waals surface area contributed by atoms with E-state index in [4.69, 9.17) is 4.74 Å². The molecule has 1 aliphatic rings. The molecule has 0 spiro atoms. The van der Waals surface area contributed by atoms with Crippen LogP contribution in [-0.4, -0.2) is 57.7 Å². The highest BCUT2D eigenvalue weighted by Crippen LogP contribution is 2.24. The summed E-state index contributed by atoms with van der Waals surface area (Å²) in [6.45, 7) is 1.97. The summed E-state index contributed by atoms with van der Waals surface area (Å²) in [6.07, 6.45) is 1.46. The number of carbonyl (C=O) groups excluding carboxylic acids is 1. The number of hydrogen-bond acceptors (Lipinski definition) is 5. The quantitative estimate of drug-likeness (QED) is 0.911. The van der Waals surface area contributed by atoms with Gasteiger partial charge in [-0.2, -0.15) is 0 Å². The summed E-state index contributed by atoms with van der Waals surface area (Å²) in [6, 6.07) is 8.56. The Hall–Kier alpha value is -2.80. The monoisotopic (exact) mass is 341 g/mol. The van der Waals surface area contributed by atoms with Gasteiger partial charge in [-0.1, -0.05) is 30.3 Å². The van der Waals surface area contributed by atoms with Crippen molar-refractivity contribution >= 4 is 11.9 Å². The number of amides is 1. The van der Waals surface area contributed by atoms with Crippen LogP contribution < -0.4 is 0 Å². The van der Waals surface area contributed by atoms with Crippen LogP contribution in [-0.2, 0) is 9.53 Å². The number of aryl methyl sites for hydroxylation is 1. The summed E-state index contributed by atoms with van der Waals surface area (Å²) in [5, 5.41) is 9.37. The lowest BCUT2D eigenvalue weighted by molar-refractivity contribution is -0.141. The number of rotatable bonds is 4. The molecule has 1 N–H and O–H groups in total. The standard InChI is InChI=1S/C18H19N3O4/c1-11-14(9-19-16(20-11)12-6-4-3-5-7-12)17(22)21-10-13(25-2)8-15(21)18(23)24/h3-7,9,13,15H,8,10H2,1-2H3,(H,23,24). The predicted octanol–water partition coefficient (Wildman–Crippen LogP) is 1.77. The Kier molecular flexibility index (Phi) is 4.76.